The van der Waals surface area contributed by atoms with Crippen LogP contribution in [-0.2, 0) is 0 Å². The van der Waals surface area contributed by atoms with Gasteiger partial charge in [0, 0.05) is 27.6 Å². The van der Waals surface area contributed by atoms with Gasteiger partial charge < -0.3 is 22.2 Å². The predicted molar refractivity (Wildman–Crippen MR) is 90.2 cm³/mol. The summed E-state index contributed by atoms with van der Waals surface area (Å²) < 4.78 is 0. The zero-order chi connectivity index (χ0) is 15.9. The van der Waals surface area contributed by atoms with Crippen LogP contribution in [0.5, 0.6) is 0 Å². The molecule has 3 rings (SSSR count). The summed E-state index contributed by atoms with van der Waals surface area (Å²) >= 11 is 0. The topological polar surface area (TPSA) is 142 Å². The first kappa shape index (κ1) is 13.7. The Morgan fingerprint density at radius 1 is 0.864 bits per heavy atom. The molecule has 110 valence electrons. The number of fused-ring (bicyclic) bond motifs is 1. The van der Waals surface area contributed by atoms with E-state index in [0.717, 1.165) is 22.2 Å². The minimum absolute atomic E-state index is 0.0161. The fraction of sp³-hybridized carbons (Fsp3) is 0. The third-order valence-electron chi connectivity index (χ3n) is 3.63. The van der Waals surface area contributed by atoms with E-state index in [1.54, 1.807) is 18.2 Å². The SMILES string of the molecule is N=C(N)c1ccc(-c2[nH]c3cc(C(=N)N)ccc3c2N)cc1. The van der Waals surface area contributed by atoms with E-state index >= 15 is 0 Å². The number of nitrogens with two attached hydrogens (primary N) is 3. The van der Waals surface area contributed by atoms with Crippen LogP contribution in [-0.4, -0.2) is 16.7 Å². The molecule has 1 aromatic heterocycles. The van der Waals surface area contributed by atoms with Crippen molar-refractivity contribution < 1.29 is 0 Å². The quantitative estimate of drug-likeness (QED) is 0.324. The Balaban J connectivity index is 2.12. The Bertz CT molecular complexity index is 889. The van der Waals surface area contributed by atoms with Crippen molar-refractivity contribution in [2.75, 3.05) is 5.73 Å². The summed E-state index contributed by atoms with van der Waals surface area (Å²) in [6, 6.07) is 12.7. The van der Waals surface area contributed by atoms with Crippen LogP contribution < -0.4 is 17.2 Å². The molecular weight excluding hydrogens is 276 g/mol. The number of anilines is 1. The van der Waals surface area contributed by atoms with Gasteiger partial charge in [-0.3, -0.25) is 10.8 Å². The number of H-pyrrole nitrogens is 1. The molecule has 0 saturated carbocycles. The monoisotopic (exact) mass is 292 g/mol. The molecule has 3 aromatic rings. The van der Waals surface area contributed by atoms with E-state index in [2.05, 4.69) is 4.98 Å². The average Bonchev–Trinajstić information content (AvgIpc) is 2.84. The highest BCUT2D eigenvalue weighted by molar-refractivity contribution is 6.04. The van der Waals surface area contributed by atoms with Crippen LogP contribution in [0.25, 0.3) is 22.2 Å². The zero-order valence-electron chi connectivity index (χ0n) is 11.8. The Kier molecular flexibility index (Phi) is 3.06. The van der Waals surface area contributed by atoms with E-state index in [-0.39, 0.29) is 11.7 Å². The Hall–Kier alpha value is -3.28. The van der Waals surface area contributed by atoms with E-state index in [9.17, 15) is 0 Å². The molecule has 0 atom stereocenters. The van der Waals surface area contributed by atoms with Gasteiger partial charge in [0.2, 0.25) is 0 Å². The van der Waals surface area contributed by atoms with Crippen LogP contribution in [0.4, 0.5) is 5.69 Å². The van der Waals surface area contributed by atoms with Gasteiger partial charge in [-0.05, 0) is 6.07 Å². The minimum Gasteiger partial charge on any atom is -0.396 e. The summed E-state index contributed by atoms with van der Waals surface area (Å²) in [4.78, 5) is 3.26. The molecule has 22 heavy (non-hydrogen) atoms. The second-order valence-corrected chi connectivity index (χ2v) is 5.08. The van der Waals surface area contributed by atoms with Crippen LogP contribution >= 0.6 is 0 Å². The maximum Gasteiger partial charge on any atom is 0.122 e. The zero-order valence-corrected chi connectivity index (χ0v) is 11.8. The van der Waals surface area contributed by atoms with Gasteiger partial charge in [-0.1, -0.05) is 36.4 Å². The maximum atomic E-state index is 7.50. The van der Waals surface area contributed by atoms with Crippen molar-refractivity contribution in [3.63, 3.8) is 0 Å². The first-order chi connectivity index (χ1) is 10.5. The summed E-state index contributed by atoms with van der Waals surface area (Å²) in [6.45, 7) is 0. The number of nitrogen functional groups attached to an aromatic ring is 3. The largest absolute Gasteiger partial charge is 0.396 e. The highest BCUT2D eigenvalue weighted by atomic mass is 14.8. The molecule has 0 unspecified atom stereocenters. The molecule has 0 fully saturated rings. The van der Waals surface area contributed by atoms with E-state index in [0.29, 0.717) is 16.8 Å². The smallest absolute Gasteiger partial charge is 0.122 e. The summed E-state index contributed by atoms with van der Waals surface area (Å²) in [6.07, 6.45) is 0. The predicted octanol–water partition coefficient (Wildman–Crippen LogP) is 1.99. The molecule has 6 nitrogen and oxygen atoms in total. The molecule has 0 bridgehead atoms. The Morgan fingerprint density at radius 2 is 1.45 bits per heavy atom. The van der Waals surface area contributed by atoms with Crippen LogP contribution in [0.15, 0.2) is 42.5 Å². The first-order valence-corrected chi connectivity index (χ1v) is 6.68. The lowest BCUT2D eigenvalue weighted by Gasteiger charge is -2.02. The second-order valence-electron chi connectivity index (χ2n) is 5.08. The van der Waals surface area contributed by atoms with Crippen LogP contribution in [0.2, 0.25) is 0 Å². The number of hydrogen-bond donors (Lipinski definition) is 6. The molecule has 0 saturated heterocycles. The number of aromatic amines is 1. The van der Waals surface area contributed by atoms with Gasteiger partial charge in [-0.15, -0.1) is 0 Å². The lowest BCUT2D eigenvalue weighted by molar-refractivity contribution is 1.41. The number of nitrogens with one attached hydrogen (secondary N) is 3. The first-order valence-electron chi connectivity index (χ1n) is 6.68. The van der Waals surface area contributed by atoms with Crippen LogP contribution in [0, 0.1) is 10.8 Å². The minimum atomic E-state index is 0.0161. The summed E-state index contributed by atoms with van der Waals surface area (Å²) in [5.41, 5.74) is 21.7. The molecule has 0 aliphatic heterocycles. The van der Waals surface area contributed by atoms with Crippen molar-refractivity contribution in [1.29, 1.82) is 10.8 Å². The lowest BCUT2D eigenvalue weighted by Crippen LogP contribution is -2.10. The standard InChI is InChI=1S/C16H16N6/c17-13-11-6-5-10(16(20)21)7-12(11)22-14(13)8-1-3-9(4-2-8)15(18)19/h1-7,22H,17H2,(H3,18,19)(H3,20,21). The number of benzene rings is 2. The third kappa shape index (κ3) is 2.16. The van der Waals surface area contributed by atoms with E-state index in [4.69, 9.17) is 28.0 Å². The number of hydrogen-bond acceptors (Lipinski definition) is 3. The average molecular weight is 292 g/mol. The van der Waals surface area contributed by atoms with Crippen molar-refractivity contribution >= 4 is 28.3 Å². The van der Waals surface area contributed by atoms with E-state index in [1.807, 2.05) is 24.3 Å². The normalized spacial score (nSPS) is 10.7. The summed E-state index contributed by atoms with van der Waals surface area (Å²) in [5, 5.41) is 15.8. The van der Waals surface area contributed by atoms with Crippen molar-refractivity contribution in [2.24, 2.45) is 11.5 Å². The Morgan fingerprint density at radius 3 is 2.05 bits per heavy atom. The van der Waals surface area contributed by atoms with Gasteiger partial charge in [0.25, 0.3) is 0 Å². The molecule has 6 heteroatoms. The molecule has 0 amide bonds. The molecule has 9 N–H and O–H groups in total. The molecule has 2 aromatic carbocycles. The maximum absolute atomic E-state index is 7.50. The highest BCUT2D eigenvalue weighted by Gasteiger charge is 2.11. The molecule has 0 spiro atoms. The van der Waals surface area contributed by atoms with Crippen LogP contribution in [0.1, 0.15) is 11.1 Å². The van der Waals surface area contributed by atoms with Gasteiger partial charge in [0.15, 0.2) is 0 Å². The fourth-order valence-corrected chi connectivity index (χ4v) is 2.43. The molecular formula is C16H16N6. The fourth-order valence-electron chi connectivity index (χ4n) is 2.43. The molecule has 0 radical (unpaired) electrons. The van der Waals surface area contributed by atoms with Gasteiger partial charge in [-0.25, -0.2) is 0 Å². The highest BCUT2D eigenvalue weighted by Crippen LogP contribution is 2.33. The van der Waals surface area contributed by atoms with Crippen molar-refractivity contribution in [3.05, 3.63) is 53.6 Å². The Labute approximate surface area is 126 Å². The molecule has 0 aliphatic rings. The van der Waals surface area contributed by atoms with Gasteiger partial charge in [-0.2, -0.15) is 0 Å². The van der Waals surface area contributed by atoms with Crippen LogP contribution in [0.3, 0.4) is 0 Å². The van der Waals surface area contributed by atoms with Crippen molar-refractivity contribution in [1.82, 2.24) is 4.98 Å². The number of aromatic nitrogens is 1. The lowest BCUT2D eigenvalue weighted by atomic mass is 10.1. The van der Waals surface area contributed by atoms with Gasteiger partial charge in [0.1, 0.15) is 11.7 Å². The third-order valence-corrected chi connectivity index (χ3v) is 3.63. The van der Waals surface area contributed by atoms with Crippen molar-refractivity contribution in [2.45, 2.75) is 0 Å². The molecule has 1 heterocycles. The van der Waals surface area contributed by atoms with Gasteiger partial charge in [0.05, 0.1) is 11.4 Å². The van der Waals surface area contributed by atoms with Crippen molar-refractivity contribution in [3.8, 4) is 11.3 Å². The second kappa shape index (κ2) is 4.92. The summed E-state index contributed by atoms with van der Waals surface area (Å²) in [5.74, 6) is 0.0460. The van der Waals surface area contributed by atoms with Gasteiger partial charge >= 0.3 is 0 Å². The summed E-state index contributed by atoms with van der Waals surface area (Å²) in [7, 11) is 0. The van der Waals surface area contributed by atoms with E-state index < -0.39 is 0 Å². The number of rotatable bonds is 3. The van der Waals surface area contributed by atoms with E-state index in [1.165, 1.54) is 0 Å². The number of amidine groups is 2. The molecule has 0 aliphatic carbocycles.